The zero-order valence-corrected chi connectivity index (χ0v) is 14.0. The molecule has 0 spiro atoms. The van der Waals surface area contributed by atoms with Crippen LogP contribution in [0.5, 0.6) is 0 Å². The molecule has 1 N–H and O–H groups in total. The number of aliphatic carboxylic acids is 1. The summed E-state index contributed by atoms with van der Waals surface area (Å²) in [7, 11) is 0. The van der Waals surface area contributed by atoms with Gasteiger partial charge in [0.1, 0.15) is 0 Å². The molecule has 0 rings (SSSR count). The Balaban J connectivity index is 3.40. The highest BCUT2D eigenvalue weighted by Crippen LogP contribution is 2.01. The Hall–Kier alpha value is -1.57. The molecule has 0 aromatic carbocycles. The van der Waals surface area contributed by atoms with Crippen molar-refractivity contribution in [3.63, 3.8) is 0 Å². The summed E-state index contributed by atoms with van der Waals surface area (Å²) in [5.41, 5.74) is 0. The Morgan fingerprint density at radius 2 is 1.18 bits per heavy atom. The quantitative estimate of drug-likeness (QED) is 0.235. The summed E-state index contributed by atoms with van der Waals surface area (Å²) in [4.78, 5) is 10.3. The van der Waals surface area contributed by atoms with E-state index in [1.165, 1.54) is 25.7 Å². The maximum absolute atomic E-state index is 10.3. The van der Waals surface area contributed by atoms with Crippen LogP contribution in [0.1, 0.15) is 71.1 Å². The van der Waals surface area contributed by atoms with Gasteiger partial charge in [0.15, 0.2) is 0 Å². The van der Waals surface area contributed by atoms with Gasteiger partial charge in [0.05, 0.1) is 0 Å². The van der Waals surface area contributed by atoms with E-state index in [4.69, 9.17) is 5.11 Å². The summed E-state index contributed by atoms with van der Waals surface area (Å²) in [6, 6.07) is 0. The average Bonchev–Trinajstić information content (AvgIpc) is 2.50. The number of rotatable bonds is 14. The lowest BCUT2D eigenvalue weighted by molar-refractivity contribution is -0.137. The zero-order chi connectivity index (χ0) is 16.3. The average molecular weight is 305 g/mol. The minimum absolute atomic E-state index is 0.262. The summed E-state index contributed by atoms with van der Waals surface area (Å²) < 4.78 is 0. The molecule has 0 aromatic rings. The van der Waals surface area contributed by atoms with Crippen LogP contribution in [0.15, 0.2) is 48.6 Å². The summed E-state index contributed by atoms with van der Waals surface area (Å²) in [6.07, 6.45) is 27.3. The first-order valence-corrected chi connectivity index (χ1v) is 8.59. The van der Waals surface area contributed by atoms with Crippen molar-refractivity contribution >= 4 is 5.97 Å². The fraction of sp³-hybridized carbons (Fsp3) is 0.550. The Morgan fingerprint density at radius 3 is 1.64 bits per heavy atom. The van der Waals surface area contributed by atoms with Gasteiger partial charge in [0, 0.05) is 6.42 Å². The third-order valence-electron chi connectivity index (χ3n) is 3.22. The van der Waals surface area contributed by atoms with Crippen molar-refractivity contribution in [2.45, 2.75) is 71.1 Å². The summed E-state index contributed by atoms with van der Waals surface area (Å²) >= 11 is 0. The van der Waals surface area contributed by atoms with Crippen molar-refractivity contribution in [3.05, 3.63) is 48.6 Å². The molecule has 0 saturated heterocycles. The monoisotopic (exact) mass is 305 g/mol. The van der Waals surface area contributed by atoms with E-state index in [0.29, 0.717) is 0 Å². The van der Waals surface area contributed by atoms with Gasteiger partial charge >= 0.3 is 5.97 Å². The smallest absolute Gasteiger partial charge is 0.303 e. The molecule has 0 radical (unpaired) electrons. The Bertz CT molecular complexity index is 362. The summed E-state index contributed by atoms with van der Waals surface area (Å²) in [5.74, 6) is -0.712. The standard InChI is InChI=1S/C20H32O2/c1-2-3-4-5-6-7-8-9-10-11-12-13-14-15-16-17-18-19-20(21)22/h6-7,9-10,12-13,15-16H,2-5,8,11,14,17-19H2,1H3,(H,21,22)/b7-6-,10-9-,13-12-,16-15-/i1+1. The number of carboxylic acids is 1. The van der Waals surface area contributed by atoms with Crippen LogP contribution in [0.4, 0.5) is 0 Å². The predicted octanol–water partition coefficient (Wildman–Crippen LogP) is 6.22. The maximum atomic E-state index is 10.3. The number of hydrogen-bond donors (Lipinski definition) is 1. The first kappa shape index (κ1) is 20.4. The minimum atomic E-state index is -0.712. The minimum Gasteiger partial charge on any atom is -0.481 e. The second-order valence-corrected chi connectivity index (χ2v) is 5.37. The lowest BCUT2D eigenvalue weighted by Crippen LogP contribution is -1.92. The molecule has 0 aliphatic rings. The van der Waals surface area contributed by atoms with E-state index in [2.05, 4.69) is 55.5 Å². The predicted molar refractivity (Wildman–Crippen MR) is 96.0 cm³/mol. The van der Waals surface area contributed by atoms with Crippen LogP contribution >= 0.6 is 0 Å². The van der Waals surface area contributed by atoms with E-state index in [0.717, 1.165) is 32.1 Å². The topological polar surface area (TPSA) is 37.3 Å². The molecular formula is C20H32O2. The Labute approximate surface area is 136 Å². The molecule has 0 bridgehead atoms. The lowest BCUT2D eigenvalue weighted by atomic mass is 10.2. The van der Waals surface area contributed by atoms with Crippen molar-refractivity contribution in [2.24, 2.45) is 0 Å². The normalized spacial score (nSPS) is 12.4. The van der Waals surface area contributed by atoms with Crippen molar-refractivity contribution in [2.75, 3.05) is 0 Å². The molecule has 0 atom stereocenters. The van der Waals surface area contributed by atoms with Crippen molar-refractivity contribution < 1.29 is 9.90 Å². The van der Waals surface area contributed by atoms with Crippen LogP contribution in [0.2, 0.25) is 0 Å². The number of carbonyl (C=O) groups is 1. The van der Waals surface area contributed by atoms with Crippen LogP contribution in [0, 0.1) is 0 Å². The van der Waals surface area contributed by atoms with Crippen molar-refractivity contribution in [1.82, 2.24) is 0 Å². The maximum Gasteiger partial charge on any atom is 0.303 e. The molecule has 0 amide bonds. The second kappa shape index (κ2) is 17.5. The van der Waals surface area contributed by atoms with Crippen LogP contribution in [-0.4, -0.2) is 11.1 Å². The molecule has 0 aromatic heterocycles. The third kappa shape index (κ3) is 18.4. The molecule has 124 valence electrons. The SMILES string of the molecule is [13CH3]CCCC/C=C\C/C=C\C/C=C\C/C=C\CCCC(=O)O. The lowest BCUT2D eigenvalue weighted by Gasteiger charge is -1.90. The van der Waals surface area contributed by atoms with Gasteiger partial charge in [0.2, 0.25) is 0 Å². The molecule has 0 unspecified atom stereocenters. The van der Waals surface area contributed by atoms with Gasteiger partial charge in [-0.25, -0.2) is 0 Å². The van der Waals surface area contributed by atoms with Crippen molar-refractivity contribution in [3.8, 4) is 0 Å². The first-order valence-electron chi connectivity index (χ1n) is 8.59. The number of unbranched alkanes of at least 4 members (excludes halogenated alkanes) is 4. The van der Waals surface area contributed by atoms with E-state index < -0.39 is 5.97 Å². The third-order valence-corrected chi connectivity index (χ3v) is 3.22. The molecule has 0 aliphatic heterocycles. The summed E-state index contributed by atoms with van der Waals surface area (Å²) in [6.45, 7) is 2.23. The van der Waals surface area contributed by atoms with Gasteiger partial charge in [-0.2, -0.15) is 0 Å². The summed E-state index contributed by atoms with van der Waals surface area (Å²) in [5, 5.41) is 8.49. The highest BCUT2D eigenvalue weighted by molar-refractivity contribution is 5.66. The highest BCUT2D eigenvalue weighted by atomic mass is 16.4. The van der Waals surface area contributed by atoms with Crippen LogP contribution in [0.25, 0.3) is 0 Å². The first-order chi connectivity index (χ1) is 10.8. The number of allylic oxidation sites excluding steroid dienone is 8. The zero-order valence-electron chi connectivity index (χ0n) is 14.0. The second-order valence-electron chi connectivity index (χ2n) is 5.37. The molecular weight excluding hydrogens is 273 g/mol. The molecule has 0 heterocycles. The molecule has 0 aliphatic carbocycles. The van der Waals surface area contributed by atoms with Crippen LogP contribution in [0.3, 0.4) is 0 Å². The number of carboxylic acid groups (broad SMARTS) is 1. The van der Waals surface area contributed by atoms with Gasteiger partial charge < -0.3 is 5.11 Å². The molecule has 0 fully saturated rings. The Kier molecular flexibility index (Phi) is 16.2. The fourth-order valence-corrected chi connectivity index (χ4v) is 1.93. The van der Waals surface area contributed by atoms with Gasteiger partial charge in [-0.1, -0.05) is 68.4 Å². The van der Waals surface area contributed by atoms with Gasteiger partial charge in [-0.3, -0.25) is 4.79 Å². The molecule has 22 heavy (non-hydrogen) atoms. The van der Waals surface area contributed by atoms with E-state index in [9.17, 15) is 4.79 Å². The van der Waals surface area contributed by atoms with E-state index in [1.54, 1.807) is 0 Å². The highest BCUT2D eigenvalue weighted by Gasteiger charge is 1.92. The van der Waals surface area contributed by atoms with E-state index in [1.807, 2.05) is 0 Å². The number of hydrogen-bond acceptors (Lipinski definition) is 1. The van der Waals surface area contributed by atoms with Gasteiger partial charge in [-0.15, -0.1) is 0 Å². The van der Waals surface area contributed by atoms with E-state index in [-0.39, 0.29) is 6.42 Å². The molecule has 2 nitrogen and oxygen atoms in total. The van der Waals surface area contributed by atoms with Crippen molar-refractivity contribution in [1.29, 1.82) is 0 Å². The van der Waals surface area contributed by atoms with Gasteiger partial charge in [0.25, 0.3) is 0 Å². The van der Waals surface area contributed by atoms with Gasteiger partial charge in [-0.05, 0) is 44.9 Å². The largest absolute Gasteiger partial charge is 0.481 e. The van der Waals surface area contributed by atoms with E-state index >= 15 is 0 Å². The fourth-order valence-electron chi connectivity index (χ4n) is 1.93. The Morgan fingerprint density at radius 1 is 0.727 bits per heavy atom. The van der Waals surface area contributed by atoms with Crippen LogP contribution in [-0.2, 0) is 4.79 Å². The van der Waals surface area contributed by atoms with Crippen LogP contribution < -0.4 is 0 Å². The molecule has 2 heteroatoms. The molecule has 0 saturated carbocycles.